The van der Waals surface area contributed by atoms with Crippen LogP contribution in [0.15, 0.2) is 35.5 Å². The Labute approximate surface area is 182 Å². The molecular weight excluding hydrogens is 392 g/mol. The predicted molar refractivity (Wildman–Crippen MR) is 117 cm³/mol. The molecule has 5 fully saturated rings. The molecule has 30 heavy (non-hydrogen) atoms. The summed E-state index contributed by atoms with van der Waals surface area (Å²) in [6, 6.07) is 10.9. The van der Waals surface area contributed by atoms with Crippen LogP contribution in [0, 0.1) is 23.7 Å². The molecule has 0 aliphatic heterocycles. The largest absolute Gasteiger partial charge is 0.352 e. The highest BCUT2D eigenvalue weighted by Gasteiger charge is 2.48. The van der Waals surface area contributed by atoms with Crippen molar-refractivity contribution in [2.45, 2.75) is 68.6 Å². The molecule has 0 atom stereocenters. The normalized spacial score (nSPS) is 31.8. The average Bonchev–Trinajstić information content (AvgIpc) is 3.51. The Morgan fingerprint density at radius 3 is 2.37 bits per heavy atom. The second-order valence-electron chi connectivity index (χ2n) is 10.00. The van der Waals surface area contributed by atoms with E-state index in [1.165, 1.54) is 50.5 Å². The smallest absolute Gasteiger partial charge is 0.230 e. The van der Waals surface area contributed by atoms with Crippen LogP contribution in [0.1, 0.15) is 62.3 Å². The van der Waals surface area contributed by atoms with Crippen molar-refractivity contribution in [2.24, 2.45) is 23.7 Å². The zero-order chi connectivity index (χ0) is 20.1. The fraction of sp³-hybridized carbons (Fsp3) is 0.625. The fourth-order valence-corrected chi connectivity index (χ4v) is 7.24. The minimum atomic E-state index is 0.166. The topological polar surface area (TPSA) is 59.8 Å². The van der Waals surface area contributed by atoms with Crippen molar-refractivity contribution in [2.75, 3.05) is 5.75 Å². The Bertz CT molecular complexity index is 895. The van der Waals surface area contributed by atoms with E-state index in [4.69, 9.17) is 0 Å². The summed E-state index contributed by atoms with van der Waals surface area (Å²) in [6.45, 7) is 0.777. The van der Waals surface area contributed by atoms with Gasteiger partial charge >= 0.3 is 0 Å². The summed E-state index contributed by atoms with van der Waals surface area (Å²) >= 11 is 1.54. The van der Waals surface area contributed by atoms with E-state index in [0.29, 0.717) is 17.7 Å². The van der Waals surface area contributed by atoms with Gasteiger partial charge in [0.25, 0.3) is 0 Å². The van der Waals surface area contributed by atoms with Gasteiger partial charge in [-0.15, -0.1) is 10.2 Å². The van der Waals surface area contributed by atoms with Crippen molar-refractivity contribution in [1.29, 1.82) is 0 Å². The van der Waals surface area contributed by atoms with Crippen molar-refractivity contribution < 1.29 is 4.79 Å². The standard InChI is InChI=1S/C24H30N4OS/c29-21(25-22-19-9-16-8-17(11-19)12-20(22)10-16)14-30-24-27-26-23(18-6-7-18)28(24)13-15-4-2-1-3-5-15/h1-5,16-20,22H,6-14H2,(H,25,29). The highest BCUT2D eigenvalue weighted by Crippen LogP contribution is 2.53. The molecule has 1 amide bonds. The highest BCUT2D eigenvalue weighted by atomic mass is 32.2. The van der Waals surface area contributed by atoms with Crippen LogP contribution < -0.4 is 5.32 Å². The summed E-state index contributed by atoms with van der Waals surface area (Å²) in [7, 11) is 0. The highest BCUT2D eigenvalue weighted by molar-refractivity contribution is 7.99. The average molecular weight is 423 g/mol. The Morgan fingerprint density at radius 1 is 1.00 bits per heavy atom. The van der Waals surface area contributed by atoms with Crippen molar-refractivity contribution in [3.63, 3.8) is 0 Å². The van der Waals surface area contributed by atoms with Crippen LogP contribution in [0.5, 0.6) is 0 Å². The van der Waals surface area contributed by atoms with Crippen LogP contribution in [0.3, 0.4) is 0 Å². The monoisotopic (exact) mass is 422 g/mol. The third-order valence-corrected chi connectivity index (χ3v) is 8.72. The van der Waals surface area contributed by atoms with Crippen LogP contribution in [-0.2, 0) is 11.3 Å². The Kier molecular flexibility index (Phi) is 4.85. The van der Waals surface area contributed by atoms with E-state index < -0.39 is 0 Å². The van der Waals surface area contributed by atoms with Gasteiger partial charge < -0.3 is 9.88 Å². The third kappa shape index (κ3) is 3.68. The zero-order valence-corrected chi connectivity index (χ0v) is 18.2. The van der Waals surface area contributed by atoms with E-state index in [9.17, 15) is 4.79 Å². The van der Waals surface area contributed by atoms with E-state index in [1.807, 2.05) is 6.07 Å². The second kappa shape index (κ2) is 7.70. The number of thioether (sulfide) groups is 1. The number of amides is 1. The van der Waals surface area contributed by atoms with Gasteiger partial charge in [0.05, 0.1) is 12.3 Å². The first-order valence-electron chi connectivity index (χ1n) is 11.6. The number of carbonyl (C=O) groups excluding carboxylic acids is 1. The molecular formula is C24H30N4OS. The molecule has 1 heterocycles. The Hall–Kier alpha value is -1.82. The molecule has 4 bridgehead atoms. The summed E-state index contributed by atoms with van der Waals surface area (Å²) in [5.41, 5.74) is 1.25. The lowest BCUT2D eigenvalue weighted by molar-refractivity contribution is -0.122. The lowest BCUT2D eigenvalue weighted by Crippen LogP contribution is -2.56. The lowest BCUT2D eigenvalue weighted by atomic mass is 9.54. The van der Waals surface area contributed by atoms with E-state index in [0.717, 1.165) is 41.2 Å². The summed E-state index contributed by atoms with van der Waals surface area (Å²) in [6.07, 6.45) is 9.18. The first-order chi connectivity index (χ1) is 14.7. The molecule has 6 heteroatoms. The number of benzene rings is 1. The molecule has 5 nitrogen and oxygen atoms in total. The first kappa shape index (κ1) is 18.9. The number of nitrogens with zero attached hydrogens (tertiary/aromatic N) is 3. The molecule has 0 saturated heterocycles. The third-order valence-electron chi connectivity index (χ3n) is 7.76. The van der Waals surface area contributed by atoms with Gasteiger partial charge in [-0.3, -0.25) is 4.79 Å². The van der Waals surface area contributed by atoms with Crippen molar-refractivity contribution in [3.8, 4) is 0 Å². The first-order valence-corrected chi connectivity index (χ1v) is 12.6. The molecule has 1 N–H and O–H groups in total. The minimum Gasteiger partial charge on any atom is -0.352 e. The second-order valence-corrected chi connectivity index (χ2v) is 10.9. The molecule has 5 saturated carbocycles. The van der Waals surface area contributed by atoms with Crippen LogP contribution in [-0.4, -0.2) is 32.5 Å². The number of nitrogens with one attached hydrogen (secondary N) is 1. The van der Waals surface area contributed by atoms with Crippen LogP contribution in [0.2, 0.25) is 0 Å². The summed E-state index contributed by atoms with van der Waals surface area (Å²) in [5, 5.41) is 13.3. The molecule has 5 aliphatic carbocycles. The molecule has 0 unspecified atom stereocenters. The number of hydrogen-bond donors (Lipinski definition) is 1. The van der Waals surface area contributed by atoms with Crippen LogP contribution in [0.4, 0.5) is 0 Å². The maximum Gasteiger partial charge on any atom is 0.230 e. The van der Waals surface area contributed by atoms with Gasteiger partial charge in [-0.05, 0) is 74.2 Å². The van der Waals surface area contributed by atoms with E-state index in [-0.39, 0.29) is 5.91 Å². The molecule has 158 valence electrons. The van der Waals surface area contributed by atoms with Gasteiger partial charge in [-0.1, -0.05) is 42.1 Å². The molecule has 2 aromatic rings. The van der Waals surface area contributed by atoms with Crippen molar-refractivity contribution in [3.05, 3.63) is 41.7 Å². The zero-order valence-electron chi connectivity index (χ0n) is 17.4. The van der Waals surface area contributed by atoms with E-state index >= 15 is 0 Å². The quantitative estimate of drug-likeness (QED) is 0.678. The number of aromatic nitrogens is 3. The fourth-order valence-electron chi connectivity index (χ4n) is 6.48. The number of rotatable bonds is 7. The molecule has 5 aliphatic rings. The number of hydrogen-bond acceptors (Lipinski definition) is 4. The van der Waals surface area contributed by atoms with Gasteiger partial charge in [0.15, 0.2) is 5.16 Å². The van der Waals surface area contributed by atoms with E-state index in [2.05, 4.69) is 44.3 Å². The van der Waals surface area contributed by atoms with E-state index in [1.54, 1.807) is 11.8 Å². The predicted octanol–water partition coefficient (Wildman–Crippen LogP) is 4.24. The lowest BCUT2D eigenvalue weighted by Gasteiger charge is -2.54. The molecule has 1 aromatic carbocycles. The van der Waals surface area contributed by atoms with Gasteiger partial charge in [0.1, 0.15) is 5.82 Å². The molecule has 0 radical (unpaired) electrons. The van der Waals surface area contributed by atoms with Crippen LogP contribution in [0.25, 0.3) is 0 Å². The SMILES string of the molecule is O=C(CSc1nnc(C2CC2)n1Cc1ccccc1)NC1C2CC3CC(C2)CC1C3. The number of carbonyl (C=O) groups is 1. The van der Waals surface area contributed by atoms with Gasteiger partial charge in [-0.25, -0.2) is 0 Å². The Morgan fingerprint density at radius 2 is 1.70 bits per heavy atom. The molecule has 0 spiro atoms. The molecule has 7 rings (SSSR count). The van der Waals surface area contributed by atoms with Gasteiger partial charge in [0, 0.05) is 12.0 Å². The minimum absolute atomic E-state index is 0.166. The maximum absolute atomic E-state index is 12.8. The Balaban J connectivity index is 1.11. The van der Waals surface area contributed by atoms with Crippen molar-refractivity contribution >= 4 is 17.7 Å². The summed E-state index contributed by atoms with van der Waals surface area (Å²) < 4.78 is 2.23. The maximum atomic E-state index is 12.8. The van der Waals surface area contributed by atoms with Crippen LogP contribution >= 0.6 is 11.8 Å². The summed E-state index contributed by atoms with van der Waals surface area (Å²) in [4.78, 5) is 12.8. The molecule has 1 aromatic heterocycles. The van der Waals surface area contributed by atoms with Crippen molar-refractivity contribution in [1.82, 2.24) is 20.1 Å². The summed E-state index contributed by atoms with van der Waals surface area (Å²) in [5.74, 6) is 5.54. The van der Waals surface area contributed by atoms with Gasteiger partial charge in [-0.2, -0.15) is 0 Å². The van der Waals surface area contributed by atoms with Gasteiger partial charge in [0.2, 0.25) is 5.91 Å².